The highest BCUT2D eigenvalue weighted by atomic mass is 16.5. The summed E-state index contributed by atoms with van der Waals surface area (Å²) in [4.78, 5) is 4.33. The number of ether oxygens (including phenoxy) is 1. The van der Waals surface area contributed by atoms with E-state index in [0.717, 1.165) is 0 Å². The van der Waals surface area contributed by atoms with Gasteiger partial charge in [0.05, 0.1) is 18.2 Å². The first-order chi connectivity index (χ1) is 9.81. The fraction of sp³-hybridized carbons (Fsp3) is 0.0667. The van der Waals surface area contributed by atoms with E-state index in [4.69, 9.17) is 10.00 Å². The van der Waals surface area contributed by atoms with Crippen molar-refractivity contribution in [3.63, 3.8) is 0 Å². The molecule has 0 saturated heterocycles. The van der Waals surface area contributed by atoms with Crippen LogP contribution in [0.5, 0.6) is 11.6 Å². The van der Waals surface area contributed by atoms with Gasteiger partial charge in [0.1, 0.15) is 17.1 Å². The monoisotopic (exact) mass is 265 g/mol. The normalized spacial score (nSPS) is 10.4. The third kappa shape index (κ3) is 2.09. The first-order valence-corrected chi connectivity index (χ1v) is 6.06. The lowest BCUT2D eigenvalue weighted by atomic mass is 10.2. The maximum atomic E-state index is 9.49. The first kappa shape index (κ1) is 12.2. The van der Waals surface area contributed by atoms with Gasteiger partial charge in [-0.15, -0.1) is 0 Å². The number of benzene rings is 1. The Balaban J connectivity index is 2.04. The van der Waals surface area contributed by atoms with Crippen LogP contribution in [0, 0.1) is 11.3 Å². The highest BCUT2D eigenvalue weighted by molar-refractivity contribution is 5.47. The molecule has 20 heavy (non-hydrogen) atoms. The number of fused-ring (bicyclic) bond motifs is 1. The van der Waals surface area contributed by atoms with Crippen molar-refractivity contribution < 1.29 is 9.84 Å². The summed E-state index contributed by atoms with van der Waals surface area (Å²) in [6, 6.07) is 14.4. The second-order valence-electron chi connectivity index (χ2n) is 4.19. The Morgan fingerprint density at radius 1 is 1.25 bits per heavy atom. The van der Waals surface area contributed by atoms with Crippen LogP contribution in [0.4, 0.5) is 0 Å². The molecule has 0 radical (unpaired) electrons. The average Bonchev–Trinajstić information content (AvgIpc) is 2.84. The molecule has 3 aromatic rings. The van der Waals surface area contributed by atoms with E-state index in [1.54, 1.807) is 28.7 Å². The van der Waals surface area contributed by atoms with Crippen LogP contribution in [0.2, 0.25) is 0 Å². The van der Waals surface area contributed by atoms with Crippen molar-refractivity contribution in [3.05, 3.63) is 59.9 Å². The van der Waals surface area contributed by atoms with Crippen LogP contribution >= 0.6 is 0 Å². The predicted octanol–water partition coefficient (Wildman–Crippen LogP) is 2.49. The summed E-state index contributed by atoms with van der Waals surface area (Å²) in [7, 11) is 0. The molecule has 0 fully saturated rings. The minimum Gasteiger partial charge on any atom is -0.437 e. The third-order valence-electron chi connectivity index (χ3n) is 2.92. The van der Waals surface area contributed by atoms with Crippen molar-refractivity contribution >= 4 is 5.65 Å². The lowest BCUT2D eigenvalue weighted by molar-refractivity contribution is 0.269. The molecule has 1 N–H and O–H groups in total. The lowest BCUT2D eigenvalue weighted by Crippen LogP contribution is -1.94. The Hall–Kier alpha value is -2.84. The quantitative estimate of drug-likeness (QED) is 0.789. The number of hydrogen-bond acceptors (Lipinski definition) is 4. The summed E-state index contributed by atoms with van der Waals surface area (Å²) >= 11 is 0. The number of aliphatic hydroxyl groups excluding tert-OH is 1. The van der Waals surface area contributed by atoms with E-state index in [2.05, 4.69) is 11.1 Å². The molecule has 0 bridgehead atoms. The number of imidazole rings is 1. The average molecular weight is 265 g/mol. The summed E-state index contributed by atoms with van der Waals surface area (Å²) in [6.07, 6.45) is 1.81. The summed E-state index contributed by atoms with van der Waals surface area (Å²) in [5.41, 5.74) is 1.78. The summed E-state index contributed by atoms with van der Waals surface area (Å²) in [5, 5.41) is 18.4. The molecule has 2 heterocycles. The van der Waals surface area contributed by atoms with Gasteiger partial charge in [-0.25, -0.2) is 0 Å². The van der Waals surface area contributed by atoms with Gasteiger partial charge in [0.15, 0.2) is 0 Å². The molecule has 0 atom stereocenters. The Labute approximate surface area is 115 Å². The molecular weight excluding hydrogens is 254 g/mol. The summed E-state index contributed by atoms with van der Waals surface area (Å²) in [6.45, 7) is -0.182. The maximum absolute atomic E-state index is 9.49. The number of rotatable bonds is 3. The second kappa shape index (κ2) is 5.03. The second-order valence-corrected chi connectivity index (χ2v) is 4.19. The van der Waals surface area contributed by atoms with Crippen LogP contribution in [0.15, 0.2) is 48.7 Å². The minimum absolute atomic E-state index is 0.182. The van der Waals surface area contributed by atoms with Crippen LogP contribution < -0.4 is 4.74 Å². The van der Waals surface area contributed by atoms with Crippen LogP contribution in [-0.2, 0) is 6.61 Å². The number of aromatic nitrogens is 2. The zero-order chi connectivity index (χ0) is 13.9. The van der Waals surface area contributed by atoms with Crippen molar-refractivity contribution in [1.29, 1.82) is 5.26 Å². The Morgan fingerprint density at radius 2 is 2.15 bits per heavy atom. The van der Waals surface area contributed by atoms with Gasteiger partial charge in [-0.3, -0.25) is 4.40 Å². The molecule has 3 rings (SSSR count). The zero-order valence-electron chi connectivity index (χ0n) is 10.5. The lowest BCUT2D eigenvalue weighted by Gasteiger charge is -2.04. The molecule has 5 nitrogen and oxygen atoms in total. The molecule has 0 amide bonds. The minimum atomic E-state index is -0.182. The highest BCUT2D eigenvalue weighted by Gasteiger charge is 2.13. The van der Waals surface area contributed by atoms with Crippen LogP contribution in [-0.4, -0.2) is 14.5 Å². The van der Waals surface area contributed by atoms with Crippen LogP contribution in [0.1, 0.15) is 11.3 Å². The smallest absolute Gasteiger partial charge is 0.243 e. The van der Waals surface area contributed by atoms with Crippen molar-refractivity contribution in [1.82, 2.24) is 9.38 Å². The van der Waals surface area contributed by atoms with E-state index in [0.29, 0.717) is 28.5 Å². The van der Waals surface area contributed by atoms with Gasteiger partial charge < -0.3 is 9.84 Å². The molecule has 0 unspecified atom stereocenters. The molecule has 0 aliphatic rings. The molecule has 1 aromatic carbocycles. The number of aliphatic hydroxyl groups is 1. The molecule has 2 aromatic heterocycles. The molecule has 98 valence electrons. The number of nitriles is 1. The van der Waals surface area contributed by atoms with Crippen molar-refractivity contribution in [2.45, 2.75) is 6.61 Å². The van der Waals surface area contributed by atoms with Crippen molar-refractivity contribution in [2.24, 2.45) is 0 Å². The number of pyridine rings is 1. The molecular formula is C15H11N3O2. The molecule has 0 saturated carbocycles. The zero-order valence-corrected chi connectivity index (χ0v) is 10.5. The van der Waals surface area contributed by atoms with Gasteiger partial charge in [-0.05, 0) is 30.3 Å². The topological polar surface area (TPSA) is 70.5 Å². The summed E-state index contributed by atoms with van der Waals surface area (Å²) in [5.74, 6) is 0.857. The van der Waals surface area contributed by atoms with E-state index < -0.39 is 0 Å². The SMILES string of the molecule is N#Cc1cccc(Oc2nc3ccccn3c2CO)c1. The fourth-order valence-electron chi connectivity index (χ4n) is 1.99. The van der Waals surface area contributed by atoms with E-state index in [1.165, 1.54) is 0 Å². The first-order valence-electron chi connectivity index (χ1n) is 6.06. The molecule has 5 heteroatoms. The van der Waals surface area contributed by atoms with E-state index >= 15 is 0 Å². The van der Waals surface area contributed by atoms with E-state index in [1.807, 2.05) is 24.4 Å². The van der Waals surface area contributed by atoms with Gasteiger partial charge in [0.2, 0.25) is 5.88 Å². The van der Waals surface area contributed by atoms with Gasteiger partial charge in [0, 0.05) is 6.20 Å². The van der Waals surface area contributed by atoms with Gasteiger partial charge in [-0.2, -0.15) is 10.2 Å². The maximum Gasteiger partial charge on any atom is 0.243 e. The van der Waals surface area contributed by atoms with E-state index in [-0.39, 0.29) is 6.61 Å². The van der Waals surface area contributed by atoms with Crippen molar-refractivity contribution in [3.8, 4) is 17.7 Å². The Morgan fingerprint density at radius 3 is 2.95 bits per heavy atom. The van der Waals surface area contributed by atoms with E-state index in [9.17, 15) is 5.11 Å². The largest absolute Gasteiger partial charge is 0.437 e. The Bertz CT molecular complexity index is 802. The summed E-state index contributed by atoms with van der Waals surface area (Å²) < 4.78 is 7.45. The number of nitrogens with zero attached hydrogens (tertiary/aromatic N) is 3. The van der Waals surface area contributed by atoms with Gasteiger partial charge in [0.25, 0.3) is 0 Å². The highest BCUT2D eigenvalue weighted by Crippen LogP contribution is 2.26. The fourth-order valence-corrected chi connectivity index (χ4v) is 1.99. The van der Waals surface area contributed by atoms with Crippen LogP contribution in [0.3, 0.4) is 0 Å². The standard InChI is InChI=1S/C15H11N3O2/c16-9-11-4-3-5-12(8-11)20-15-13(10-19)18-7-2-1-6-14(18)17-15/h1-8,19H,10H2. The van der Waals surface area contributed by atoms with Gasteiger partial charge >= 0.3 is 0 Å². The van der Waals surface area contributed by atoms with Crippen molar-refractivity contribution in [2.75, 3.05) is 0 Å². The van der Waals surface area contributed by atoms with Gasteiger partial charge in [-0.1, -0.05) is 12.1 Å². The van der Waals surface area contributed by atoms with Crippen LogP contribution in [0.25, 0.3) is 5.65 Å². The molecule has 0 aliphatic heterocycles. The Kier molecular flexibility index (Phi) is 3.07. The third-order valence-corrected chi connectivity index (χ3v) is 2.92. The molecule has 0 aliphatic carbocycles. The number of hydrogen-bond donors (Lipinski definition) is 1. The molecule has 0 spiro atoms. The predicted molar refractivity (Wildman–Crippen MR) is 72.3 cm³/mol.